The van der Waals surface area contributed by atoms with E-state index in [0.29, 0.717) is 24.6 Å². The number of ether oxygens (including phenoxy) is 3. The summed E-state index contributed by atoms with van der Waals surface area (Å²) in [5.41, 5.74) is 2.33. The van der Waals surface area contributed by atoms with Crippen LogP contribution in [0.25, 0.3) is 0 Å². The van der Waals surface area contributed by atoms with Crippen molar-refractivity contribution in [1.29, 1.82) is 0 Å². The fourth-order valence-electron chi connectivity index (χ4n) is 4.41. The van der Waals surface area contributed by atoms with Gasteiger partial charge in [0, 0.05) is 50.2 Å². The first-order valence-corrected chi connectivity index (χ1v) is 12.4. The minimum atomic E-state index is -0.219. The summed E-state index contributed by atoms with van der Waals surface area (Å²) in [7, 11) is 3.12. The number of carbonyl (C=O) groups excluding carboxylic acids is 1. The first kappa shape index (κ1) is 26.1. The van der Waals surface area contributed by atoms with Crippen molar-refractivity contribution in [1.82, 2.24) is 9.47 Å². The number of hydrogen-bond donors (Lipinski definition) is 1. The highest BCUT2D eigenvalue weighted by Gasteiger charge is 2.20. The molecule has 2 heterocycles. The number of methoxy groups -OCH3 is 2. The maximum Gasteiger partial charge on any atom is 0.244 e. The molecule has 0 aliphatic carbocycles. The number of pyridine rings is 1. The van der Waals surface area contributed by atoms with Gasteiger partial charge in [-0.1, -0.05) is 12.1 Å². The van der Waals surface area contributed by atoms with Crippen molar-refractivity contribution in [2.24, 2.45) is 0 Å². The Morgan fingerprint density at radius 2 is 1.68 bits per heavy atom. The fourth-order valence-corrected chi connectivity index (χ4v) is 4.41. The third-order valence-corrected chi connectivity index (χ3v) is 6.37. The second kappa shape index (κ2) is 12.3. The summed E-state index contributed by atoms with van der Waals surface area (Å²) in [5, 5.41) is 2.93. The van der Waals surface area contributed by atoms with Crippen molar-refractivity contribution < 1.29 is 19.0 Å². The number of rotatable bonds is 10. The summed E-state index contributed by atoms with van der Waals surface area (Å²) < 4.78 is 17.9. The molecule has 1 N–H and O–H groups in total. The zero-order valence-electron chi connectivity index (χ0n) is 21.6. The number of hydrogen-bond acceptors (Lipinski definition) is 7. The average molecular weight is 507 g/mol. The summed E-state index contributed by atoms with van der Waals surface area (Å²) >= 11 is 0. The van der Waals surface area contributed by atoms with Crippen LogP contribution in [0.5, 0.6) is 17.2 Å². The first-order valence-electron chi connectivity index (χ1n) is 12.4. The predicted molar refractivity (Wildman–Crippen MR) is 144 cm³/mol. The molecule has 0 bridgehead atoms. The van der Waals surface area contributed by atoms with Gasteiger partial charge in [0.15, 0.2) is 5.75 Å². The van der Waals surface area contributed by atoms with Crippen molar-refractivity contribution in [2.45, 2.75) is 20.0 Å². The van der Waals surface area contributed by atoms with Crippen LogP contribution >= 0.6 is 0 Å². The zero-order valence-corrected chi connectivity index (χ0v) is 21.6. The molecule has 1 saturated heterocycles. The van der Waals surface area contributed by atoms with Gasteiger partial charge in [0.25, 0.3) is 0 Å². The van der Waals surface area contributed by atoms with Crippen LogP contribution in [0, 0.1) is 0 Å². The summed E-state index contributed by atoms with van der Waals surface area (Å²) in [6, 6.07) is 17.0. The number of aromatic nitrogens is 1. The van der Waals surface area contributed by atoms with Crippen LogP contribution in [-0.4, -0.2) is 62.4 Å². The lowest BCUT2D eigenvalue weighted by molar-refractivity contribution is -0.116. The van der Waals surface area contributed by atoms with E-state index in [0.717, 1.165) is 43.3 Å². The molecule has 0 radical (unpaired) electrons. The molecular formula is C28H34N4O5. The second-order valence-corrected chi connectivity index (χ2v) is 8.76. The molecule has 0 saturated carbocycles. The lowest BCUT2D eigenvalue weighted by Crippen LogP contribution is -2.46. The van der Waals surface area contributed by atoms with E-state index in [4.69, 9.17) is 14.2 Å². The largest absolute Gasteiger partial charge is 0.497 e. The zero-order chi connectivity index (χ0) is 26.2. The first-order chi connectivity index (χ1) is 18.0. The summed E-state index contributed by atoms with van der Waals surface area (Å²) in [5.74, 6) is 1.44. The van der Waals surface area contributed by atoms with Crippen LogP contribution in [0.15, 0.2) is 65.6 Å². The molecule has 37 heavy (non-hydrogen) atoms. The standard InChI is InChI=1S/C28H34N4O5/c1-4-37-26-8-6-5-7-24(26)29-28(34)20-32-19-27(36-3)25(33)17-22(32)18-30-13-15-31(16-14-30)21-9-11-23(35-2)12-10-21/h5-12,17,19H,4,13-16,18,20H2,1-3H3,(H,29,34). The van der Waals surface area contributed by atoms with E-state index in [1.807, 2.05) is 37.3 Å². The smallest absolute Gasteiger partial charge is 0.244 e. The normalized spacial score (nSPS) is 13.8. The minimum absolute atomic E-state index is 0.0399. The van der Waals surface area contributed by atoms with Gasteiger partial charge >= 0.3 is 0 Å². The monoisotopic (exact) mass is 506 g/mol. The van der Waals surface area contributed by atoms with Crippen LogP contribution in [-0.2, 0) is 17.9 Å². The van der Waals surface area contributed by atoms with Gasteiger partial charge in [-0.15, -0.1) is 0 Å². The summed E-state index contributed by atoms with van der Waals surface area (Å²) in [6.45, 7) is 6.38. The molecule has 0 atom stereocenters. The molecule has 1 aromatic heterocycles. The Morgan fingerprint density at radius 3 is 2.35 bits per heavy atom. The molecule has 9 nitrogen and oxygen atoms in total. The maximum atomic E-state index is 13.0. The van der Waals surface area contributed by atoms with Gasteiger partial charge in [0.2, 0.25) is 11.3 Å². The highest BCUT2D eigenvalue weighted by molar-refractivity contribution is 5.92. The number of para-hydroxylation sites is 2. The molecular weight excluding hydrogens is 472 g/mol. The minimum Gasteiger partial charge on any atom is -0.497 e. The van der Waals surface area contributed by atoms with E-state index in [9.17, 15) is 9.59 Å². The Kier molecular flexibility index (Phi) is 8.68. The number of piperazine rings is 1. The molecule has 9 heteroatoms. The number of carbonyl (C=O) groups is 1. The van der Waals surface area contributed by atoms with Crippen molar-refractivity contribution in [2.75, 3.05) is 57.2 Å². The Labute approximate surface area is 217 Å². The van der Waals surface area contributed by atoms with Crippen LogP contribution in [0.3, 0.4) is 0 Å². The van der Waals surface area contributed by atoms with E-state index in [2.05, 4.69) is 27.2 Å². The van der Waals surface area contributed by atoms with Crippen molar-refractivity contribution in [3.8, 4) is 17.2 Å². The molecule has 1 aliphatic rings. The van der Waals surface area contributed by atoms with Crippen molar-refractivity contribution in [3.05, 3.63) is 76.7 Å². The van der Waals surface area contributed by atoms with Crippen molar-refractivity contribution >= 4 is 17.3 Å². The van der Waals surface area contributed by atoms with Gasteiger partial charge < -0.3 is 29.0 Å². The molecule has 1 amide bonds. The predicted octanol–water partition coefficient (Wildman–Crippen LogP) is 3.23. The van der Waals surface area contributed by atoms with Gasteiger partial charge in [0.1, 0.15) is 18.0 Å². The van der Waals surface area contributed by atoms with E-state index in [1.165, 1.54) is 7.11 Å². The topological polar surface area (TPSA) is 85.3 Å². The lowest BCUT2D eigenvalue weighted by atomic mass is 10.2. The molecule has 1 aliphatic heterocycles. The van der Waals surface area contributed by atoms with Crippen molar-refractivity contribution in [3.63, 3.8) is 0 Å². The van der Waals surface area contributed by atoms with E-state index >= 15 is 0 Å². The number of nitrogens with zero attached hydrogens (tertiary/aromatic N) is 3. The van der Waals surface area contributed by atoms with Gasteiger partial charge in [-0.2, -0.15) is 0 Å². The van der Waals surface area contributed by atoms with Gasteiger partial charge in [-0.3, -0.25) is 14.5 Å². The van der Waals surface area contributed by atoms with Crippen LogP contribution in [0.1, 0.15) is 12.6 Å². The molecule has 3 aromatic rings. The Hall–Kier alpha value is -3.98. The molecule has 1 fully saturated rings. The van der Waals surface area contributed by atoms with Crippen LogP contribution < -0.4 is 29.9 Å². The molecule has 4 rings (SSSR count). The number of anilines is 2. The summed E-state index contributed by atoms with van der Waals surface area (Å²) in [6.07, 6.45) is 1.61. The quantitative estimate of drug-likeness (QED) is 0.452. The highest BCUT2D eigenvalue weighted by atomic mass is 16.5. The lowest BCUT2D eigenvalue weighted by Gasteiger charge is -2.36. The number of amides is 1. The Morgan fingerprint density at radius 1 is 0.946 bits per heavy atom. The molecule has 2 aromatic carbocycles. The third kappa shape index (κ3) is 6.62. The van der Waals surface area contributed by atoms with Crippen LogP contribution in [0.4, 0.5) is 11.4 Å². The fraction of sp³-hybridized carbons (Fsp3) is 0.357. The SMILES string of the molecule is CCOc1ccccc1NC(=O)Cn1cc(OC)c(=O)cc1CN1CCN(c2ccc(OC)cc2)CC1. The van der Waals surface area contributed by atoms with Gasteiger partial charge in [0.05, 0.1) is 32.7 Å². The third-order valence-electron chi connectivity index (χ3n) is 6.37. The van der Waals surface area contributed by atoms with E-state index in [1.54, 1.807) is 30.0 Å². The summed E-state index contributed by atoms with van der Waals surface area (Å²) in [4.78, 5) is 30.2. The van der Waals surface area contributed by atoms with Gasteiger partial charge in [-0.25, -0.2) is 0 Å². The Balaban J connectivity index is 1.44. The average Bonchev–Trinajstić information content (AvgIpc) is 2.92. The molecule has 0 spiro atoms. The van der Waals surface area contributed by atoms with E-state index in [-0.39, 0.29) is 23.6 Å². The van der Waals surface area contributed by atoms with Gasteiger partial charge in [-0.05, 0) is 43.3 Å². The van der Waals surface area contributed by atoms with E-state index < -0.39 is 0 Å². The number of nitrogens with one attached hydrogen (secondary N) is 1. The second-order valence-electron chi connectivity index (χ2n) is 8.76. The Bertz CT molecular complexity index is 1250. The van der Waals surface area contributed by atoms with Crippen LogP contribution in [0.2, 0.25) is 0 Å². The maximum absolute atomic E-state index is 13.0. The highest BCUT2D eigenvalue weighted by Crippen LogP contribution is 2.24. The number of benzene rings is 2. The molecule has 0 unspecified atom stereocenters. The molecule has 196 valence electrons.